The number of aromatic nitrogens is 1. The molecule has 0 spiro atoms. The number of nitrogens with zero attached hydrogens (tertiary/aromatic N) is 2. The zero-order chi connectivity index (χ0) is 15.9. The van der Waals surface area contributed by atoms with Crippen molar-refractivity contribution in [3.63, 3.8) is 0 Å². The third-order valence-electron chi connectivity index (χ3n) is 3.07. The van der Waals surface area contributed by atoms with Gasteiger partial charge in [0.2, 0.25) is 0 Å². The minimum Gasteiger partial charge on any atom is -0.490 e. The molecule has 118 valence electrons. The molecule has 0 aliphatic carbocycles. The lowest BCUT2D eigenvalue weighted by molar-refractivity contribution is 0.0776. The Kier molecular flexibility index (Phi) is 5.91. The fourth-order valence-electron chi connectivity index (χ4n) is 2.01. The predicted octanol–water partition coefficient (Wildman–Crippen LogP) is 2.75. The first-order valence-electron chi connectivity index (χ1n) is 6.99. The van der Waals surface area contributed by atoms with E-state index in [1.807, 2.05) is 24.4 Å². The van der Waals surface area contributed by atoms with Gasteiger partial charge in [-0.25, -0.2) is 4.98 Å². The maximum absolute atomic E-state index is 12.6. The van der Waals surface area contributed by atoms with Gasteiger partial charge in [-0.2, -0.15) is 0 Å². The van der Waals surface area contributed by atoms with Gasteiger partial charge in [0.05, 0.1) is 29.4 Å². The van der Waals surface area contributed by atoms with Crippen molar-refractivity contribution in [3.8, 4) is 5.75 Å². The molecule has 1 aromatic heterocycles. The molecule has 1 aromatic carbocycles. The zero-order valence-electron chi connectivity index (χ0n) is 13.0. The number of para-hydroxylation sites is 1. The standard InChI is InChI=1S/C16H20N2O3S/c1-12-17-13(11-22-12)10-18(2)16(19)14-6-4-5-7-15(14)21-9-8-20-3/h4-7,11H,8-10H2,1-3H3. The Balaban J connectivity index is 2.07. The van der Waals surface area contributed by atoms with Gasteiger partial charge in [0.15, 0.2) is 0 Å². The second-order valence-corrected chi connectivity index (χ2v) is 5.92. The van der Waals surface area contributed by atoms with Crippen LogP contribution in [0.5, 0.6) is 5.75 Å². The zero-order valence-corrected chi connectivity index (χ0v) is 13.9. The van der Waals surface area contributed by atoms with Crippen LogP contribution in [0.3, 0.4) is 0 Å². The number of hydrogen-bond donors (Lipinski definition) is 0. The van der Waals surface area contributed by atoms with Crippen molar-refractivity contribution >= 4 is 17.2 Å². The van der Waals surface area contributed by atoms with Crippen molar-refractivity contribution in [1.82, 2.24) is 9.88 Å². The SMILES string of the molecule is COCCOc1ccccc1C(=O)N(C)Cc1csc(C)n1. The number of benzene rings is 1. The summed E-state index contributed by atoms with van der Waals surface area (Å²) in [5.41, 5.74) is 1.45. The van der Waals surface area contributed by atoms with Gasteiger partial charge in [0.1, 0.15) is 12.4 Å². The van der Waals surface area contributed by atoms with Crippen LogP contribution in [-0.4, -0.2) is 43.2 Å². The van der Waals surface area contributed by atoms with E-state index in [1.54, 1.807) is 42.5 Å². The smallest absolute Gasteiger partial charge is 0.257 e. The summed E-state index contributed by atoms with van der Waals surface area (Å²) < 4.78 is 10.6. The quantitative estimate of drug-likeness (QED) is 0.736. The number of carbonyl (C=O) groups excluding carboxylic acids is 1. The van der Waals surface area contributed by atoms with Crippen LogP contribution in [0.4, 0.5) is 0 Å². The number of carbonyl (C=O) groups is 1. The van der Waals surface area contributed by atoms with Gasteiger partial charge in [0.25, 0.3) is 5.91 Å². The Morgan fingerprint density at radius 3 is 2.77 bits per heavy atom. The molecule has 0 bridgehead atoms. The third-order valence-corrected chi connectivity index (χ3v) is 3.90. The Hall–Kier alpha value is -1.92. The highest BCUT2D eigenvalue weighted by Crippen LogP contribution is 2.20. The van der Waals surface area contributed by atoms with Gasteiger partial charge in [-0.15, -0.1) is 11.3 Å². The monoisotopic (exact) mass is 320 g/mol. The van der Waals surface area contributed by atoms with Crippen LogP contribution in [0, 0.1) is 6.92 Å². The summed E-state index contributed by atoms with van der Waals surface area (Å²) in [5, 5.41) is 2.97. The Labute approximate surface area is 134 Å². The number of amides is 1. The number of hydrogen-bond acceptors (Lipinski definition) is 5. The molecule has 0 aliphatic heterocycles. The van der Waals surface area contributed by atoms with Crippen LogP contribution in [0.2, 0.25) is 0 Å². The molecule has 0 saturated carbocycles. The lowest BCUT2D eigenvalue weighted by Crippen LogP contribution is -2.27. The van der Waals surface area contributed by atoms with E-state index in [4.69, 9.17) is 9.47 Å². The molecule has 0 atom stereocenters. The summed E-state index contributed by atoms with van der Waals surface area (Å²) in [4.78, 5) is 18.6. The van der Waals surface area contributed by atoms with Gasteiger partial charge in [-0.1, -0.05) is 12.1 Å². The molecule has 22 heavy (non-hydrogen) atoms. The maximum Gasteiger partial charge on any atom is 0.257 e. The number of ether oxygens (including phenoxy) is 2. The summed E-state index contributed by atoms with van der Waals surface area (Å²) in [7, 11) is 3.38. The molecular weight excluding hydrogens is 300 g/mol. The fourth-order valence-corrected chi connectivity index (χ4v) is 2.61. The lowest BCUT2D eigenvalue weighted by Gasteiger charge is -2.18. The van der Waals surface area contributed by atoms with Crippen molar-refractivity contribution in [2.45, 2.75) is 13.5 Å². The van der Waals surface area contributed by atoms with Crippen LogP contribution < -0.4 is 4.74 Å². The van der Waals surface area contributed by atoms with Gasteiger partial charge < -0.3 is 14.4 Å². The Morgan fingerprint density at radius 2 is 2.09 bits per heavy atom. The van der Waals surface area contributed by atoms with E-state index in [-0.39, 0.29) is 5.91 Å². The molecule has 1 heterocycles. The van der Waals surface area contributed by atoms with E-state index in [1.165, 1.54) is 0 Å². The highest BCUT2D eigenvalue weighted by atomic mass is 32.1. The van der Waals surface area contributed by atoms with Crippen molar-refractivity contribution in [1.29, 1.82) is 0 Å². The van der Waals surface area contributed by atoms with E-state index in [2.05, 4.69) is 4.98 Å². The second kappa shape index (κ2) is 7.91. The summed E-state index contributed by atoms with van der Waals surface area (Å²) in [6.07, 6.45) is 0. The molecule has 0 radical (unpaired) electrons. The summed E-state index contributed by atoms with van der Waals surface area (Å²) in [6.45, 7) is 3.33. The number of thiazole rings is 1. The molecule has 2 rings (SSSR count). The minimum atomic E-state index is -0.0846. The number of methoxy groups -OCH3 is 1. The van der Waals surface area contributed by atoms with Crippen LogP contribution in [-0.2, 0) is 11.3 Å². The number of aryl methyl sites for hydroxylation is 1. The van der Waals surface area contributed by atoms with E-state index >= 15 is 0 Å². The molecular formula is C16H20N2O3S. The Morgan fingerprint density at radius 1 is 1.32 bits per heavy atom. The van der Waals surface area contributed by atoms with Crippen molar-refractivity contribution in [3.05, 3.63) is 45.9 Å². The predicted molar refractivity (Wildman–Crippen MR) is 86.5 cm³/mol. The molecule has 5 nitrogen and oxygen atoms in total. The fraction of sp³-hybridized carbons (Fsp3) is 0.375. The van der Waals surface area contributed by atoms with E-state index in [0.29, 0.717) is 31.1 Å². The maximum atomic E-state index is 12.6. The van der Waals surface area contributed by atoms with Crippen LogP contribution >= 0.6 is 11.3 Å². The topological polar surface area (TPSA) is 51.7 Å². The first-order valence-corrected chi connectivity index (χ1v) is 7.87. The average Bonchev–Trinajstić information content (AvgIpc) is 2.92. The second-order valence-electron chi connectivity index (χ2n) is 4.86. The van der Waals surface area contributed by atoms with E-state index in [0.717, 1.165) is 10.7 Å². The number of rotatable bonds is 7. The van der Waals surface area contributed by atoms with Crippen molar-refractivity contribution < 1.29 is 14.3 Å². The first-order chi connectivity index (χ1) is 10.6. The summed E-state index contributed by atoms with van der Waals surface area (Å²) in [6, 6.07) is 7.25. The molecule has 0 N–H and O–H groups in total. The van der Waals surface area contributed by atoms with Gasteiger partial charge in [-0.3, -0.25) is 4.79 Å². The normalized spacial score (nSPS) is 10.5. The summed E-state index contributed by atoms with van der Waals surface area (Å²) >= 11 is 1.58. The van der Waals surface area contributed by atoms with Crippen LogP contribution in [0.15, 0.2) is 29.6 Å². The molecule has 0 unspecified atom stereocenters. The summed E-state index contributed by atoms with van der Waals surface area (Å²) in [5.74, 6) is 0.490. The van der Waals surface area contributed by atoms with Gasteiger partial charge in [0, 0.05) is 19.5 Å². The van der Waals surface area contributed by atoms with Crippen LogP contribution in [0.1, 0.15) is 21.1 Å². The molecule has 1 amide bonds. The molecule has 6 heteroatoms. The molecule has 2 aromatic rings. The molecule has 0 saturated heterocycles. The van der Waals surface area contributed by atoms with Gasteiger partial charge >= 0.3 is 0 Å². The van der Waals surface area contributed by atoms with Crippen molar-refractivity contribution in [2.24, 2.45) is 0 Å². The van der Waals surface area contributed by atoms with Crippen LogP contribution in [0.25, 0.3) is 0 Å². The minimum absolute atomic E-state index is 0.0846. The highest BCUT2D eigenvalue weighted by Gasteiger charge is 2.17. The largest absolute Gasteiger partial charge is 0.490 e. The van der Waals surface area contributed by atoms with Gasteiger partial charge in [-0.05, 0) is 19.1 Å². The molecule has 0 fully saturated rings. The van der Waals surface area contributed by atoms with E-state index < -0.39 is 0 Å². The third kappa shape index (κ3) is 4.29. The first kappa shape index (κ1) is 16.5. The van der Waals surface area contributed by atoms with E-state index in [9.17, 15) is 4.79 Å². The van der Waals surface area contributed by atoms with Crippen molar-refractivity contribution in [2.75, 3.05) is 27.4 Å². The lowest BCUT2D eigenvalue weighted by atomic mass is 10.1. The molecule has 0 aliphatic rings. The average molecular weight is 320 g/mol. The highest BCUT2D eigenvalue weighted by molar-refractivity contribution is 7.09. The Bertz CT molecular complexity index is 627.